The van der Waals surface area contributed by atoms with Crippen LogP contribution in [-0.2, 0) is 19.2 Å². The van der Waals surface area contributed by atoms with Gasteiger partial charge in [0, 0.05) is 23.9 Å². The van der Waals surface area contributed by atoms with Gasteiger partial charge in [-0.25, -0.2) is 0 Å². The number of ether oxygens (including phenoxy) is 1. The molecule has 0 amide bonds. The van der Waals surface area contributed by atoms with Crippen LogP contribution in [0, 0.1) is 0 Å². The molecule has 1 aliphatic heterocycles. The van der Waals surface area contributed by atoms with Crippen LogP contribution in [0.15, 0.2) is 0 Å². The third-order valence-electron chi connectivity index (χ3n) is 3.11. The second-order valence-corrected chi connectivity index (χ2v) is 5.97. The van der Waals surface area contributed by atoms with Crippen LogP contribution < -0.4 is 0 Å². The number of carbonyl (C=O) groups excluding carboxylic acids is 2. The van der Waals surface area contributed by atoms with Crippen molar-refractivity contribution in [1.29, 1.82) is 0 Å². The average Bonchev–Trinajstić information content (AvgIpc) is 2.19. The number of hydrogen-bond acceptors (Lipinski definition) is 5. The second-order valence-electron chi connectivity index (χ2n) is 5.97. The van der Waals surface area contributed by atoms with E-state index in [4.69, 9.17) is 4.84 Å². The number of methoxy groups -OCH3 is 1. The summed E-state index contributed by atoms with van der Waals surface area (Å²) in [6.07, 6.45) is 1.15. The molecule has 5 heteroatoms. The summed E-state index contributed by atoms with van der Waals surface area (Å²) in [5, 5.41) is 1.85. The lowest BCUT2D eigenvalue weighted by molar-refractivity contribution is -0.274. The monoisotopic (exact) mass is 257 g/mol. The van der Waals surface area contributed by atoms with E-state index in [1.807, 2.05) is 32.8 Å². The minimum atomic E-state index is -0.352. The fraction of sp³-hybridized carbons (Fsp3) is 0.846. The van der Waals surface area contributed by atoms with E-state index in [-0.39, 0.29) is 35.9 Å². The maximum Gasteiger partial charge on any atom is 0.307 e. The van der Waals surface area contributed by atoms with Gasteiger partial charge in [0.2, 0.25) is 0 Å². The smallest absolute Gasteiger partial charge is 0.307 e. The summed E-state index contributed by atoms with van der Waals surface area (Å²) in [5.41, 5.74) is -0.704. The molecule has 0 saturated carbocycles. The predicted molar refractivity (Wildman–Crippen MR) is 66.8 cm³/mol. The van der Waals surface area contributed by atoms with Crippen LogP contribution in [0.4, 0.5) is 0 Å². The first-order valence-corrected chi connectivity index (χ1v) is 6.21. The molecule has 0 aromatic rings. The number of ketones is 1. The first kappa shape index (κ1) is 15.1. The van der Waals surface area contributed by atoms with E-state index in [0.717, 1.165) is 0 Å². The molecule has 1 saturated heterocycles. The number of rotatable bonds is 4. The fourth-order valence-electron chi connectivity index (χ4n) is 2.66. The molecule has 0 atom stereocenters. The van der Waals surface area contributed by atoms with E-state index < -0.39 is 0 Å². The first-order valence-electron chi connectivity index (χ1n) is 6.21. The Morgan fingerprint density at radius 1 is 1.22 bits per heavy atom. The minimum absolute atomic E-state index is 0.215. The number of Topliss-reactive ketones (excluding diaryl/α,β-unsaturated/α-hetero) is 1. The number of nitrogens with zero attached hydrogens (tertiary/aromatic N) is 1. The zero-order valence-corrected chi connectivity index (χ0v) is 11.9. The van der Waals surface area contributed by atoms with Crippen LogP contribution in [0.5, 0.6) is 0 Å². The summed E-state index contributed by atoms with van der Waals surface area (Å²) in [6, 6.07) is 0. The summed E-state index contributed by atoms with van der Waals surface area (Å²) in [6.45, 7) is 8.18. The molecule has 1 fully saturated rings. The van der Waals surface area contributed by atoms with Crippen molar-refractivity contribution in [3.05, 3.63) is 0 Å². The Morgan fingerprint density at radius 3 is 2.17 bits per heavy atom. The Balaban J connectivity index is 2.65. The molecule has 0 aromatic heterocycles. The molecule has 0 aromatic carbocycles. The van der Waals surface area contributed by atoms with E-state index in [2.05, 4.69) is 4.74 Å². The van der Waals surface area contributed by atoms with Gasteiger partial charge < -0.3 is 4.74 Å². The standard InChI is InChI=1S/C13H23NO4/c1-12(2)8-10(15)9-13(3,4)14(12)18-7-6-11(16)17-5/h6-9H2,1-5H3. The van der Waals surface area contributed by atoms with E-state index in [0.29, 0.717) is 12.8 Å². The van der Waals surface area contributed by atoms with Crippen LogP contribution in [0.25, 0.3) is 0 Å². The molecule has 5 nitrogen and oxygen atoms in total. The van der Waals surface area contributed by atoms with Crippen molar-refractivity contribution in [2.75, 3.05) is 13.7 Å². The molecule has 0 spiro atoms. The number of hydroxylamine groups is 2. The van der Waals surface area contributed by atoms with E-state index >= 15 is 0 Å². The van der Waals surface area contributed by atoms with E-state index in [1.54, 1.807) is 0 Å². The molecular formula is C13H23NO4. The average molecular weight is 257 g/mol. The van der Waals surface area contributed by atoms with Crippen molar-refractivity contribution >= 4 is 11.8 Å². The Kier molecular flexibility index (Phi) is 4.50. The van der Waals surface area contributed by atoms with Crippen LogP contribution in [0.1, 0.15) is 47.0 Å². The highest BCUT2D eigenvalue weighted by molar-refractivity contribution is 5.81. The highest BCUT2D eigenvalue weighted by Gasteiger charge is 2.46. The van der Waals surface area contributed by atoms with Gasteiger partial charge >= 0.3 is 5.97 Å². The third-order valence-corrected chi connectivity index (χ3v) is 3.11. The zero-order chi connectivity index (χ0) is 14.0. The largest absolute Gasteiger partial charge is 0.469 e. The van der Waals surface area contributed by atoms with Crippen LogP contribution in [0.3, 0.4) is 0 Å². The lowest BCUT2D eigenvalue weighted by Crippen LogP contribution is -2.60. The lowest BCUT2D eigenvalue weighted by atomic mass is 9.81. The molecule has 0 N–H and O–H groups in total. The molecule has 0 aliphatic carbocycles. The van der Waals surface area contributed by atoms with E-state index in [9.17, 15) is 9.59 Å². The van der Waals surface area contributed by atoms with Gasteiger partial charge in [0.15, 0.2) is 0 Å². The Bertz CT molecular complexity index is 316. The quantitative estimate of drug-likeness (QED) is 0.717. The van der Waals surface area contributed by atoms with Crippen molar-refractivity contribution in [1.82, 2.24) is 5.06 Å². The molecule has 1 heterocycles. The van der Waals surface area contributed by atoms with Crippen molar-refractivity contribution in [3.63, 3.8) is 0 Å². The minimum Gasteiger partial charge on any atom is -0.469 e. The molecule has 0 bridgehead atoms. The van der Waals surface area contributed by atoms with Gasteiger partial charge in [-0.1, -0.05) is 0 Å². The second kappa shape index (κ2) is 5.36. The predicted octanol–water partition coefficient (Wildman–Crippen LogP) is 1.70. The highest BCUT2D eigenvalue weighted by atomic mass is 16.7. The van der Waals surface area contributed by atoms with Crippen molar-refractivity contribution < 1.29 is 19.2 Å². The first-order chi connectivity index (χ1) is 8.19. The van der Waals surface area contributed by atoms with Crippen molar-refractivity contribution in [3.8, 4) is 0 Å². The summed E-state index contributed by atoms with van der Waals surface area (Å²) in [4.78, 5) is 28.5. The molecular weight excluding hydrogens is 234 g/mol. The molecule has 1 rings (SSSR count). The SMILES string of the molecule is COC(=O)CCON1C(C)(C)CC(=O)CC1(C)C. The van der Waals surface area contributed by atoms with Crippen molar-refractivity contribution in [2.24, 2.45) is 0 Å². The Morgan fingerprint density at radius 2 is 1.72 bits per heavy atom. The fourth-order valence-corrected chi connectivity index (χ4v) is 2.66. The summed E-state index contributed by atoms with van der Waals surface area (Å²) < 4.78 is 4.57. The Labute approximate surface area is 108 Å². The molecule has 0 unspecified atom stereocenters. The maximum absolute atomic E-state index is 11.7. The highest BCUT2D eigenvalue weighted by Crippen LogP contribution is 2.36. The van der Waals surface area contributed by atoms with Gasteiger partial charge in [0.25, 0.3) is 0 Å². The topological polar surface area (TPSA) is 55.8 Å². The van der Waals surface area contributed by atoms with Crippen LogP contribution in [0.2, 0.25) is 0 Å². The van der Waals surface area contributed by atoms with Gasteiger partial charge in [-0.3, -0.25) is 14.4 Å². The van der Waals surface area contributed by atoms with Gasteiger partial charge in [-0.05, 0) is 27.7 Å². The third kappa shape index (κ3) is 3.53. The molecule has 0 radical (unpaired) electrons. The van der Waals surface area contributed by atoms with Gasteiger partial charge in [-0.2, -0.15) is 5.06 Å². The lowest BCUT2D eigenvalue weighted by Gasteiger charge is -2.50. The maximum atomic E-state index is 11.7. The number of carbonyl (C=O) groups is 2. The Hall–Kier alpha value is -0.940. The summed E-state index contributed by atoms with van der Waals surface area (Å²) in [7, 11) is 1.36. The van der Waals surface area contributed by atoms with Crippen LogP contribution in [-0.4, -0.2) is 41.6 Å². The van der Waals surface area contributed by atoms with E-state index in [1.165, 1.54) is 7.11 Å². The summed E-state index contributed by atoms with van der Waals surface area (Å²) in [5.74, 6) is -0.0449. The molecule has 104 valence electrons. The van der Waals surface area contributed by atoms with Crippen LogP contribution >= 0.6 is 0 Å². The van der Waals surface area contributed by atoms with Crippen molar-refractivity contribution in [2.45, 2.75) is 58.0 Å². The molecule has 18 heavy (non-hydrogen) atoms. The van der Waals surface area contributed by atoms with Gasteiger partial charge in [-0.15, -0.1) is 0 Å². The van der Waals surface area contributed by atoms with Gasteiger partial charge in [0.1, 0.15) is 5.78 Å². The van der Waals surface area contributed by atoms with Gasteiger partial charge in [0.05, 0.1) is 20.1 Å². The number of piperidine rings is 1. The normalized spacial score (nSPS) is 22.8. The molecule has 1 aliphatic rings. The summed E-state index contributed by atoms with van der Waals surface area (Å²) >= 11 is 0. The number of hydrogen-bond donors (Lipinski definition) is 0. The zero-order valence-electron chi connectivity index (χ0n) is 11.9. The number of esters is 1.